The molecule has 1 aliphatic rings. The van der Waals surface area contributed by atoms with Crippen LogP contribution in [0.5, 0.6) is 0 Å². The fourth-order valence-electron chi connectivity index (χ4n) is 2.31. The van der Waals surface area contributed by atoms with Crippen molar-refractivity contribution in [1.82, 2.24) is 24.5 Å². The third-order valence-electron chi connectivity index (χ3n) is 3.88. The summed E-state index contributed by atoms with van der Waals surface area (Å²) in [6.45, 7) is 1.05. The molecule has 1 aliphatic carbocycles. The van der Waals surface area contributed by atoms with Gasteiger partial charge in [-0.1, -0.05) is 18.0 Å². The molecule has 0 bridgehead atoms. The molecule has 0 radical (unpaired) electrons. The molecule has 7 nitrogen and oxygen atoms in total. The van der Waals surface area contributed by atoms with Gasteiger partial charge in [0.25, 0.3) is 5.56 Å². The van der Waals surface area contributed by atoms with Crippen molar-refractivity contribution < 1.29 is 0 Å². The lowest BCUT2D eigenvalue weighted by Gasteiger charge is -2.25. The smallest absolute Gasteiger partial charge is 0.291 e. The monoisotopic (exact) mass is 308 g/mol. The van der Waals surface area contributed by atoms with Crippen LogP contribution in [-0.4, -0.2) is 24.5 Å². The lowest BCUT2D eigenvalue weighted by Crippen LogP contribution is -2.31. The van der Waals surface area contributed by atoms with Gasteiger partial charge in [-0.2, -0.15) is 5.10 Å². The van der Waals surface area contributed by atoms with Crippen molar-refractivity contribution in [1.29, 1.82) is 0 Å². The Bertz CT molecular complexity index is 690. The molecule has 2 aromatic rings. The molecule has 0 aromatic carbocycles. The standard InChI is InChI=1S/C13H17ClN6O/c1-19-8-16-18-11(19)6-15-12-10(14)5-17-20(13(12)21)7-9-3-2-4-9/h5,8-9,15H,2-4,6-7H2,1H3. The third kappa shape index (κ3) is 2.92. The minimum atomic E-state index is -0.184. The zero-order valence-corrected chi connectivity index (χ0v) is 12.5. The number of nitrogens with one attached hydrogen (secondary N) is 1. The molecule has 112 valence electrons. The molecule has 1 N–H and O–H groups in total. The normalized spacial score (nSPS) is 15.0. The first-order valence-electron chi connectivity index (χ1n) is 6.97. The lowest BCUT2D eigenvalue weighted by molar-refractivity contribution is 0.262. The van der Waals surface area contributed by atoms with Crippen LogP contribution in [0.15, 0.2) is 17.3 Å². The zero-order chi connectivity index (χ0) is 14.8. The first-order valence-corrected chi connectivity index (χ1v) is 7.35. The van der Waals surface area contributed by atoms with Gasteiger partial charge in [-0.05, 0) is 18.8 Å². The van der Waals surface area contributed by atoms with Crippen LogP contribution in [0.1, 0.15) is 25.1 Å². The van der Waals surface area contributed by atoms with E-state index in [-0.39, 0.29) is 5.56 Å². The van der Waals surface area contributed by atoms with Gasteiger partial charge in [-0.3, -0.25) is 4.79 Å². The molecule has 1 fully saturated rings. The predicted octanol–water partition coefficient (Wildman–Crippen LogP) is 1.44. The number of hydrogen-bond donors (Lipinski definition) is 1. The summed E-state index contributed by atoms with van der Waals surface area (Å²) in [6.07, 6.45) is 6.70. The highest BCUT2D eigenvalue weighted by molar-refractivity contribution is 6.32. The van der Waals surface area contributed by atoms with Gasteiger partial charge in [-0.15, -0.1) is 10.2 Å². The van der Waals surface area contributed by atoms with Crippen LogP contribution in [0, 0.1) is 5.92 Å². The van der Waals surface area contributed by atoms with Crippen molar-refractivity contribution in [3.63, 3.8) is 0 Å². The summed E-state index contributed by atoms with van der Waals surface area (Å²) >= 11 is 6.08. The topological polar surface area (TPSA) is 77.6 Å². The Morgan fingerprint density at radius 2 is 2.29 bits per heavy atom. The van der Waals surface area contributed by atoms with Crippen molar-refractivity contribution in [2.45, 2.75) is 32.4 Å². The van der Waals surface area contributed by atoms with Crippen LogP contribution in [0.2, 0.25) is 5.02 Å². The Morgan fingerprint density at radius 1 is 1.48 bits per heavy atom. The van der Waals surface area contributed by atoms with Crippen LogP contribution in [0.4, 0.5) is 5.69 Å². The molecule has 3 rings (SSSR count). The maximum absolute atomic E-state index is 12.4. The van der Waals surface area contributed by atoms with Crippen molar-refractivity contribution >= 4 is 17.3 Å². The summed E-state index contributed by atoms with van der Waals surface area (Å²) in [6, 6.07) is 0. The highest BCUT2D eigenvalue weighted by Crippen LogP contribution is 2.27. The van der Waals surface area contributed by atoms with E-state index in [4.69, 9.17) is 11.6 Å². The summed E-state index contributed by atoms with van der Waals surface area (Å²) in [4.78, 5) is 12.4. The highest BCUT2D eigenvalue weighted by atomic mass is 35.5. The van der Waals surface area contributed by atoms with Crippen LogP contribution >= 0.6 is 11.6 Å². The molecule has 0 atom stereocenters. The Balaban J connectivity index is 1.78. The van der Waals surface area contributed by atoms with Gasteiger partial charge < -0.3 is 9.88 Å². The van der Waals surface area contributed by atoms with E-state index in [2.05, 4.69) is 20.6 Å². The zero-order valence-electron chi connectivity index (χ0n) is 11.8. The molecule has 0 saturated heterocycles. The van der Waals surface area contributed by atoms with Gasteiger partial charge in [-0.25, -0.2) is 4.68 Å². The first kappa shape index (κ1) is 14.1. The minimum absolute atomic E-state index is 0.184. The Kier molecular flexibility index (Phi) is 3.92. The van der Waals surface area contributed by atoms with E-state index < -0.39 is 0 Å². The largest absolute Gasteiger partial charge is 0.372 e. The Morgan fingerprint density at radius 3 is 2.90 bits per heavy atom. The molecule has 1 saturated carbocycles. The van der Waals surface area contributed by atoms with E-state index >= 15 is 0 Å². The van der Waals surface area contributed by atoms with E-state index in [0.717, 1.165) is 5.82 Å². The van der Waals surface area contributed by atoms with Crippen molar-refractivity contribution in [3.8, 4) is 0 Å². The molecular formula is C13H17ClN6O. The summed E-state index contributed by atoms with van der Waals surface area (Å²) in [5.74, 6) is 1.29. The second kappa shape index (κ2) is 5.85. The quantitative estimate of drug-likeness (QED) is 0.904. The van der Waals surface area contributed by atoms with Crippen molar-refractivity contribution in [3.05, 3.63) is 33.7 Å². The number of hydrogen-bond acceptors (Lipinski definition) is 5. The van der Waals surface area contributed by atoms with Crippen LogP contribution in [-0.2, 0) is 20.1 Å². The molecule has 2 aromatic heterocycles. The summed E-state index contributed by atoms with van der Waals surface area (Å²) in [7, 11) is 1.85. The van der Waals surface area contributed by atoms with Crippen molar-refractivity contribution in [2.75, 3.05) is 5.32 Å². The van der Waals surface area contributed by atoms with Crippen LogP contribution in [0.25, 0.3) is 0 Å². The van der Waals surface area contributed by atoms with Gasteiger partial charge in [0.05, 0.1) is 17.8 Å². The maximum Gasteiger partial charge on any atom is 0.291 e. The van der Waals surface area contributed by atoms with Gasteiger partial charge in [0, 0.05) is 13.6 Å². The molecule has 0 aliphatic heterocycles. The van der Waals surface area contributed by atoms with E-state index in [1.54, 1.807) is 10.9 Å². The number of rotatable bonds is 5. The number of halogens is 1. The van der Waals surface area contributed by atoms with Gasteiger partial charge in [0.1, 0.15) is 12.0 Å². The summed E-state index contributed by atoms with van der Waals surface area (Å²) in [5, 5.41) is 15.3. The van der Waals surface area contributed by atoms with Crippen LogP contribution in [0.3, 0.4) is 0 Å². The third-order valence-corrected chi connectivity index (χ3v) is 4.17. The summed E-state index contributed by atoms with van der Waals surface area (Å²) in [5.41, 5.74) is 0.186. The highest BCUT2D eigenvalue weighted by Gasteiger charge is 2.20. The van der Waals surface area contributed by atoms with Gasteiger partial charge in [0.2, 0.25) is 0 Å². The minimum Gasteiger partial charge on any atom is -0.372 e. The summed E-state index contributed by atoms with van der Waals surface area (Å²) < 4.78 is 3.28. The number of nitrogens with zero attached hydrogens (tertiary/aromatic N) is 5. The Labute approximate surface area is 126 Å². The Hall–Kier alpha value is -1.89. The average Bonchev–Trinajstić information content (AvgIpc) is 2.81. The molecule has 0 unspecified atom stereocenters. The molecular weight excluding hydrogens is 292 g/mol. The first-order chi connectivity index (χ1) is 10.1. The second-order valence-corrected chi connectivity index (χ2v) is 5.77. The fraction of sp³-hybridized carbons (Fsp3) is 0.538. The van der Waals surface area contributed by atoms with Gasteiger partial charge in [0.15, 0.2) is 5.82 Å². The SMILES string of the molecule is Cn1cnnc1CNc1c(Cl)cnn(CC2CCC2)c1=O. The predicted molar refractivity (Wildman–Crippen MR) is 79.2 cm³/mol. The molecule has 0 amide bonds. The molecule has 0 spiro atoms. The molecule has 21 heavy (non-hydrogen) atoms. The van der Waals surface area contributed by atoms with Gasteiger partial charge >= 0.3 is 0 Å². The number of anilines is 1. The average molecular weight is 309 g/mol. The fourth-order valence-corrected chi connectivity index (χ4v) is 2.50. The lowest BCUT2D eigenvalue weighted by atomic mass is 9.85. The van der Waals surface area contributed by atoms with E-state index in [1.165, 1.54) is 30.1 Å². The van der Waals surface area contributed by atoms with E-state index in [9.17, 15) is 4.79 Å². The van der Waals surface area contributed by atoms with E-state index in [1.807, 2.05) is 7.05 Å². The maximum atomic E-state index is 12.4. The van der Waals surface area contributed by atoms with Crippen molar-refractivity contribution in [2.24, 2.45) is 13.0 Å². The number of aryl methyl sites for hydroxylation is 1. The number of aromatic nitrogens is 5. The van der Waals surface area contributed by atoms with E-state index in [0.29, 0.717) is 29.7 Å². The second-order valence-electron chi connectivity index (χ2n) is 5.36. The molecule has 2 heterocycles. The van der Waals surface area contributed by atoms with Crippen LogP contribution < -0.4 is 10.9 Å². The molecule has 8 heteroatoms.